The Balaban J connectivity index is 1.64. The van der Waals surface area contributed by atoms with Crippen molar-refractivity contribution in [2.75, 3.05) is 0 Å². The van der Waals surface area contributed by atoms with Crippen LogP contribution >= 0.6 is 0 Å². The molecule has 2 N–H and O–H groups in total. The van der Waals surface area contributed by atoms with Gasteiger partial charge in [-0.1, -0.05) is 30.3 Å². The van der Waals surface area contributed by atoms with Crippen molar-refractivity contribution >= 4 is 5.91 Å². The molecule has 1 amide bonds. The van der Waals surface area contributed by atoms with Gasteiger partial charge in [0.1, 0.15) is 6.33 Å². The second kappa shape index (κ2) is 6.21. The third kappa shape index (κ3) is 3.20. The number of rotatable bonds is 5. The Bertz CT molecular complexity index is 735. The molecule has 0 saturated heterocycles. The summed E-state index contributed by atoms with van der Waals surface area (Å²) < 4.78 is 1.85. The number of H-pyrrole nitrogens is 1. The zero-order chi connectivity index (χ0) is 15.4. The molecule has 1 atom stereocenters. The van der Waals surface area contributed by atoms with Crippen molar-refractivity contribution in [1.29, 1.82) is 0 Å². The highest BCUT2D eigenvalue weighted by Gasteiger charge is 2.14. The first-order chi connectivity index (χ1) is 10.7. The van der Waals surface area contributed by atoms with Crippen molar-refractivity contribution in [2.45, 2.75) is 19.5 Å². The number of amides is 1. The van der Waals surface area contributed by atoms with Crippen LogP contribution in [0.5, 0.6) is 0 Å². The van der Waals surface area contributed by atoms with E-state index in [0.29, 0.717) is 6.54 Å². The molecule has 22 heavy (non-hydrogen) atoms. The van der Waals surface area contributed by atoms with Crippen LogP contribution < -0.4 is 5.32 Å². The van der Waals surface area contributed by atoms with Gasteiger partial charge in [0.05, 0.1) is 18.8 Å². The van der Waals surface area contributed by atoms with Crippen LogP contribution in [-0.2, 0) is 6.54 Å². The van der Waals surface area contributed by atoms with Gasteiger partial charge in [-0.3, -0.25) is 14.6 Å². The lowest BCUT2D eigenvalue weighted by Crippen LogP contribution is -2.27. The van der Waals surface area contributed by atoms with Crippen molar-refractivity contribution in [3.63, 3.8) is 0 Å². The van der Waals surface area contributed by atoms with Gasteiger partial charge in [0.15, 0.2) is 0 Å². The van der Waals surface area contributed by atoms with Crippen LogP contribution in [0, 0.1) is 0 Å². The fourth-order valence-electron chi connectivity index (χ4n) is 2.12. The van der Waals surface area contributed by atoms with Gasteiger partial charge in [-0.2, -0.15) is 10.2 Å². The van der Waals surface area contributed by atoms with E-state index in [1.165, 1.54) is 11.9 Å². The molecule has 3 aromatic rings. The van der Waals surface area contributed by atoms with Crippen LogP contribution in [-0.4, -0.2) is 30.9 Å². The first-order valence-corrected chi connectivity index (χ1v) is 6.95. The summed E-state index contributed by atoms with van der Waals surface area (Å²) in [5.41, 5.74) is 2.11. The molecule has 2 aromatic heterocycles. The van der Waals surface area contributed by atoms with Crippen LogP contribution in [0.4, 0.5) is 0 Å². The Morgan fingerprint density at radius 1 is 1.36 bits per heavy atom. The van der Waals surface area contributed by atoms with Gasteiger partial charge in [0, 0.05) is 11.8 Å². The molecular formula is C15H16N6O. The van der Waals surface area contributed by atoms with Crippen molar-refractivity contribution in [1.82, 2.24) is 30.3 Å². The van der Waals surface area contributed by atoms with Crippen LogP contribution in [0.25, 0.3) is 0 Å². The Labute approximate surface area is 127 Å². The number of hydrogen-bond donors (Lipinski definition) is 2. The number of carbonyl (C=O) groups is 1. The number of hydrogen-bond acceptors (Lipinski definition) is 4. The van der Waals surface area contributed by atoms with Crippen molar-refractivity contribution in [3.8, 4) is 0 Å². The Morgan fingerprint density at radius 2 is 2.18 bits per heavy atom. The third-order valence-electron chi connectivity index (χ3n) is 3.32. The Kier molecular flexibility index (Phi) is 3.95. The van der Waals surface area contributed by atoms with E-state index in [9.17, 15) is 4.79 Å². The molecule has 0 aliphatic rings. The van der Waals surface area contributed by atoms with Gasteiger partial charge in [0.25, 0.3) is 5.91 Å². The monoisotopic (exact) mass is 296 g/mol. The fourth-order valence-corrected chi connectivity index (χ4v) is 2.12. The summed E-state index contributed by atoms with van der Waals surface area (Å²) in [6, 6.07) is 9.92. The largest absolute Gasteiger partial charge is 0.343 e. The van der Waals surface area contributed by atoms with Crippen molar-refractivity contribution in [3.05, 3.63) is 66.0 Å². The lowest BCUT2D eigenvalue weighted by Gasteiger charge is -2.10. The number of aromatic amines is 1. The maximum absolute atomic E-state index is 11.9. The van der Waals surface area contributed by atoms with Crippen LogP contribution in [0.15, 0.2) is 49.1 Å². The molecule has 0 spiro atoms. The average Bonchev–Trinajstić information content (AvgIpc) is 3.19. The summed E-state index contributed by atoms with van der Waals surface area (Å²) in [6.07, 6.45) is 4.99. The molecule has 0 fully saturated rings. The van der Waals surface area contributed by atoms with Crippen molar-refractivity contribution in [2.24, 2.45) is 0 Å². The zero-order valence-corrected chi connectivity index (χ0v) is 12.1. The van der Waals surface area contributed by atoms with Crippen molar-refractivity contribution < 1.29 is 4.79 Å². The van der Waals surface area contributed by atoms with E-state index in [0.717, 1.165) is 5.56 Å². The summed E-state index contributed by atoms with van der Waals surface area (Å²) in [5, 5.41) is 13.4. The second-order valence-corrected chi connectivity index (χ2v) is 4.99. The first kappa shape index (κ1) is 14.0. The highest BCUT2D eigenvalue weighted by atomic mass is 16.2. The number of carbonyl (C=O) groups excluding carboxylic acids is 1. The van der Waals surface area contributed by atoms with Crippen LogP contribution in [0.3, 0.4) is 0 Å². The van der Waals surface area contributed by atoms with E-state index in [4.69, 9.17) is 0 Å². The third-order valence-corrected chi connectivity index (χ3v) is 3.32. The first-order valence-electron chi connectivity index (χ1n) is 6.95. The van der Waals surface area contributed by atoms with E-state index in [1.807, 2.05) is 36.0 Å². The zero-order valence-electron chi connectivity index (χ0n) is 12.1. The topological polar surface area (TPSA) is 88.5 Å². The molecule has 0 aliphatic heterocycles. The predicted octanol–water partition coefficient (Wildman–Crippen LogP) is 1.54. The van der Waals surface area contributed by atoms with E-state index in [2.05, 4.69) is 37.7 Å². The fraction of sp³-hybridized carbons (Fsp3) is 0.200. The lowest BCUT2D eigenvalue weighted by molar-refractivity contribution is 0.0930. The number of nitrogens with zero attached hydrogens (tertiary/aromatic N) is 4. The Morgan fingerprint density at radius 3 is 2.91 bits per heavy atom. The highest BCUT2D eigenvalue weighted by molar-refractivity contribution is 5.90. The molecule has 112 valence electrons. The van der Waals surface area contributed by atoms with Crippen LogP contribution in [0.1, 0.15) is 34.7 Å². The summed E-state index contributed by atoms with van der Waals surface area (Å²) in [6.45, 7) is 2.60. The van der Waals surface area contributed by atoms with E-state index in [-0.39, 0.29) is 17.8 Å². The lowest BCUT2D eigenvalue weighted by atomic mass is 10.2. The van der Waals surface area contributed by atoms with Gasteiger partial charge < -0.3 is 5.32 Å². The van der Waals surface area contributed by atoms with Gasteiger partial charge >= 0.3 is 0 Å². The molecule has 1 unspecified atom stereocenters. The summed E-state index contributed by atoms with van der Waals surface area (Å²) in [5.74, 6) is -0.0932. The molecule has 7 heteroatoms. The average molecular weight is 296 g/mol. The highest BCUT2D eigenvalue weighted by Crippen LogP contribution is 2.12. The predicted molar refractivity (Wildman–Crippen MR) is 80.0 cm³/mol. The van der Waals surface area contributed by atoms with E-state index < -0.39 is 0 Å². The minimum Gasteiger partial charge on any atom is -0.343 e. The molecule has 3 rings (SSSR count). The smallest absolute Gasteiger partial charge is 0.289 e. The maximum atomic E-state index is 11.9. The molecule has 2 heterocycles. The molecule has 0 bridgehead atoms. The number of benzene rings is 1. The standard InChI is InChI=1S/C15H16N6O/c1-11(19-15(22)14-16-10-17-20-14)13-7-18-21(9-13)8-12-5-3-2-4-6-12/h2-7,9-11H,8H2,1H3,(H,19,22)(H,16,17,20). The molecule has 0 radical (unpaired) electrons. The SMILES string of the molecule is CC(NC(=O)c1ncn[nH]1)c1cnn(Cc2ccccc2)c1. The summed E-state index contributed by atoms with van der Waals surface area (Å²) >= 11 is 0. The van der Waals surface area contributed by atoms with Crippen LogP contribution in [0.2, 0.25) is 0 Å². The Hall–Kier alpha value is -2.96. The van der Waals surface area contributed by atoms with E-state index >= 15 is 0 Å². The van der Waals surface area contributed by atoms with Gasteiger partial charge in [-0.25, -0.2) is 4.98 Å². The minimum atomic E-state index is -0.291. The van der Waals surface area contributed by atoms with Gasteiger partial charge in [-0.15, -0.1) is 0 Å². The minimum absolute atomic E-state index is 0.165. The summed E-state index contributed by atoms with van der Waals surface area (Å²) in [4.78, 5) is 15.7. The van der Waals surface area contributed by atoms with Gasteiger partial charge in [0.2, 0.25) is 5.82 Å². The van der Waals surface area contributed by atoms with E-state index in [1.54, 1.807) is 6.20 Å². The maximum Gasteiger partial charge on any atom is 0.289 e. The summed E-state index contributed by atoms with van der Waals surface area (Å²) in [7, 11) is 0. The molecule has 1 aromatic carbocycles. The number of nitrogens with one attached hydrogen (secondary N) is 2. The number of aromatic nitrogens is 5. The molecule has 7 nitrogen and oxygen atoms in total. The normalized spacial score (nSPS) is 12.0. The molecular weight excluding hydrogens is 280 g/mol. The quantitative estimate of drug-likeness (QED) is 0.747. The van der Waals surface area contributed by atoms with Gasteiger partial charge in [-0.05, 0) is 12.5 Å². The molecule has 0 saturated carbocycles. The molecule has 0 aliphatic carbocycles. The second-order valence-electron chi connectivity index (χ2n) is 4.99.